The Labute approximate surface area is 129 Å². The number of nitriles is 1. The topological polar surface area (TPSA) is 27.0 Å². The van der Waals surface area contributed by atoms with E-state index in [1.807, 2.05) is 37.4 Å². The van der Waals surface area contributed by atoms with Crippen molar-refractivity contribution in [3.63, 3.8) is 0 Å². The average Bonchev–Trinajstić information content (AvgIpc) is 2.38. The first-order chi connectivity index (χ1) is 9.10. The second-order valence-corrected chi connectivity index (χ2v) is 6.03. The van der Waals surface area contributed by atoms with Crippen molar-refractivity contribution in [1.29, 1.82) is 5.26 Å². The zero-order valence-electron chi connectivity index (χ0n) is 10.4. The molecule has 0 amide bonds. The second kappa shape index (κ2) is 6.23. The molecule has 0 aliphatic rings. The molecule has 0 aliphatic heterocycles. The molecular weight excluding hydrogens is 368 g/mol. The van der Waals surface area contributed by atoms with Crippen LogP contribution in [-0.4, -0.2) is 7.05 Å². The van der Waals surface area contributed by atoms with Crippen molar-refractivity contribution in [2.24, 2.45) is 0 Å². The van der Waals surface area contributed by atoms with Gasteiger partial charge in [0.15, 0.2) is 0 Å². The first-order valence-electron chi connectivity index (χ1n) is 5.75. The van der Waals surface area contributed by atoms with Crippen LogP contribution >= 0.6 is 31.9 Å². The van der Waals surface area contributed by atoms with Gasteiger partial charge in [0.2, 0.25) is 0 Å². The molecule has 0 aliphatic carbocycles. The van der Waals surface area contributed by atoms with Crippen molar-refractivity contribution in [3.8, 4) is 6.07 Å². The molecule has 96 valence electrons. The maximum absolute atomic E-state index is 8.87. The van der Waals surface area contributed by atoms with Gasteiger partial charge in [-0.1, -0.05) is 28.1 Å². The molecule has 0 heterocycles. The van der Waals surface area contributed by atoms with Gasteiger partial charge in [0.1, 0.15) is 0 Å². The van der Waals surface area contributed by atoms with Crippen LogP contribution < -0.4 is 4.90 Å². The summed E-state index contributed by atoms with van der Waals surface area (Å²) >= 11 is 6.99. The lowest BCUT2D eigenvalue weighted by Crippen LogP contribution is -2.16. The third-order valence-corrected chi connectivity index (χ3v) is 3.93. The van der Waals surface area contributed by atoms with Crippen LogP contribution in [0.2, 0.25) is 0 Å². The van der Waals surface area contributed by atoms with Crippen molar-refractivity contribution < 1.29 is 0 Å². The van der Waals surface area contributed by atoms with Gasteiger partial charge in [0, 0.05) is 22.5 Å². The molecule has 2 rings (SSSR count). The van der Waals surface area contributed by atoms with Gasteiger partial charge in [-0.15, -0.1) is 0 Å². The molecule has 19 heavy (non-hydrogen) atoms. The predicted octanol–water partition coefficient (Wildman–Crippen LogP) is 4.72. The van der Waals surface area contributed by atoms with Crippen LogP contribution in [0.3, 0.4) is 0 Å². The highest BCUT2D eigenvalue weighted by molar-refractivity contribution is 9.10. The molecule has 0 unspecified atom stereocenters. The molecule has 0 N–H and O–H groups in total. The van der Waals surface area contributed by atoms with E-state index in [-0.39, 0.29) is 0 Å². The minimum atomic E-state index is 0.659. The average molecular weight is 380 g/mol. The van der Waals surface area contributed by atoms with Crippen LogP contribution in [0.25, 0.3) is 0 Å². The first-order valence-corrected chi connectivity index (χ1v) is 7.34. The molecule has 0 radical (unpaired) electrons. The lowest BCUT2D eigenvalue weighted by molar-refractivity contribution is 0.919. The van der Waals surface area contributed by atoms with E-state index in [4.69, 9.17) is 5.26 Å². The molecule has 4 heteroatoms. The van der Waals surface area contributed by atoms with Crippen LogP contribution in [0.15, 0.2) is 51.4 Å². The van der Waals surface area contributed by atoms with E-state index in [0.717, 1.165) is 21.2 Å². The number of hydrogen-bond donors (Lipinski definition) is 0. The molecular formula is C15H12Br2N2. The highest BCUT2D eigenvalue weighted by atomic mass is 79.9. The summed E-state index contributed by atoms with van der Waals surface area (Å²) in [6, 6.07) is 16.0. The maximum Gasteiger partial charge on any atom is 0.0992 e. The fourth-order valence-corrected chi connectivity index (χ4v) is 3.01. The normalized spacial score (nSPS) is 10.0. The molecule has 2 nitrogen and oxygen atoms in total. The fraction of sp³-hybridized carbons (Fsp3) is 0.133. The summed E-state index contributed by atoms with van der Waals surface area (Å²) in [7, 11) is 2.03. The van der Waals surface area contributed by atoms with Crippen molar-refractivity contribution >= 4 is 37.5 Å². The van der Waals surface area contributed by atoms with E-state index in [9.17, 15) is 0 Å². The third-order valence-electron chi connectivity index (χ3n) is 2.80. The van der Waals surface area contributed by atoms with Crippen LogP contribution in [0.4, 0.5) is 5.69 Å². The Morgan fingerprint density at radius 3 is 2.58 bits per heavy atom. The Morgan fingerprint density at radius 1 is 1.16 bits per heavy atom. The molecule has 2 aromatic rings. The number of anilines is 1. The van der Waals surface area contributed by atoms with Gasteiger partial charge in [0.25, 0.3) is 0 Å². The van der Waals surface area contributed by atoms with Gasteiger partial charge in [-0.05, 0) is 51.8 Å². The summed E-state index contributed by atoms with van der Waals surface area (Å²) in [6.45, 7) is 0.809. The largest absolute Gasteiger partial charge is 0.369 e. The monoisotopic (exact) mass is 378 g/mol. The summed E-state index contributed by atoms with van der Waals surface area (Å²) in [4.78, 5) is 2.15. The Morgan fingerprint density at radius 2 is 1.95 bits per heavy atom. The lowest BCUT2D eigenvalue weighted by atomic mass is 10.2. The van der Waals surface area contributed by atoms with Gasteiger partial charge in [-0.3, -0.25) is 0 Å². The van der Waals surface area contributed by atoms with E-state index in [1.54, 1.807) is 0 Å². The van der Waals surface area contributed by atoms with E-state index in [0.29, 0.717) is 5.56 Å². The van der Waals surface area contributed by atoms with Crippen molar-refractivity contribution in [2.75, 3.05) is 11.9 Å². The van der Waals surface area contributed by atoms with E-state index in [2.05, 4.69) is 55.0 Å². The van der Waals surface area contributed by atoms with E-state index in [1.165, 1.54) is 5.56 Å². The number of hydrogen-bond acceptors (Lipinski definition) is 2. The minimum absolute atomic E-state index is 0.659. The smallest absolute Gasteiger partial charge is 0.0992 e. The predicted molar refractivity (Wildman–Crippen MR) is 85.1 cm³/mol. The van der Waals surface area contributed by atoms with Crippen molar-refractivity contribution in [1.82, 2.24) is 0 Å². The molecule has 2 aromatic carbocycles. The highest BCUT2D eigenvalue weighted by Gasteiger charge is 2.07. The minimum Gasteiger partial charge on any atom is -0.369 e. The van der Waals surface area contributed by atoms with Gasteiger partial charge in [-0.25, -0.2) is 0 Å². The Bertz CT molecular complexity index is 632. The standard InChI is InChI=1S/C15H12Br2N2/c1-19(10-12-3-2-4-13(16)7-12)15-6-5-11(9-18)8-14(15)17/h2-8H,10H2,1H3. The summed E-state index contributed by atoms with van der Waals surface area (Å²) in [5, 5.41) is 8.87. The Balaban J connectivity index is 2.21. The van der Waals surface area contributed by atoms with Crippen LogP contribution in [-0.2, 0) is 6.54 Å². The zero-order valence-corrected chi connectivity index (χ0v) is 13.6. The van der Waals surface area contributed by atoms with Crippen molar-refractivity contribution in [3.05, 3.63) is 62.5 Å². The molecule has 0 atom stereocenters. The number of benzene rings is 2. The van der Waals surface area contributed by atoms with Crippen LogP contribution in [0.1, 0.15) is 11.1 Å². The SMILES string of the molecule is CN(Cc1cccc(Br)c1)c1ccc(C#N)cc1Br. The van der Waals surface area contributed by atoms with E-state index < -0.39 is 0 Å². The van der Waals surface area contributed by atoms with Gasteiger partial charge >= 0.3 is 0 Å². The summed E-state index contributed by atoms with van der Waals surface area (Å²) < 4.78 is 2.02. The fourth-order valence-electron chi connectivity index (χ4n) is 1.88. The Hall–Kier alpha value is -1.31. The first kappa shape index (κ1) is 14.1. The van der Waals surface area contributed by atoms with Crippen LogP contribution in [0, 0.1) is 11.3 Å². The molecule has 0 spiro atoms. The molecule has 0 saturated carbocycles. The molecule has 0 fully saturated rings. The van der Waals surface area contributed by atoms with Gasteiger partial charge in [0.05, 0.1) is 17.3 Å². The molecule has 0 saturated heterocycles. The Kier molecular flexibility index (Phi) is 4.62. The van der Waals surface area contributed by atoms with Crippen molar-refractivity contribution in [2.45, 2.75) is 6.54 Å². The lowest BCUT2D eigenvalue weighted by Gasteiger charge is -2.21. The number of halogens is 2. The summed E-state index contributed by atoms with van der Waals surface area (Å²) in [5.41, 5.74) is 2.96. The second-order valence-electron chi connectivity index (χ2n) is 4.26. The highest BCUT2D eigenvalue weighted by Crippen LogP contribution is 2.27. The zero-order chi connectivity index (χ0) is 13.8. The maximum atomic E-state index is 8.87. The third kappa shape index (κ3) is 3.59. The molecule has 0 aromatic heterocycles. The summed E-state index contributed by atoms with van der Waals surface area (Å²) in [5.74, 6) is 0. The summed E-state index contributed by atoms with van der Waals surface area (Å²) in [6.07, 6.45) is 0. The quantitative estimate of drug-likeness (QED) is 0.771. The van der Waals surface area contributed by atoms with Gasteiger partial charge in [-0.2, -0.15) is 5.26 Å². The van der Waals surface area contributed by atoms with Gasteiger partial charge < -0.3 is 4.90 Å². The van der Waals surface area contributed by atoms with E-state index >= 15 is 0 Å². The number of nitrogens with zero attached hydrogens (tertiary/aromatic N) is 2. The van der Waals surface area contributed by atoms with Crippen LogP contribution in [0.5, 0.6) is 0 Å². The molecule has 0 bridgehead atoms. The number of rotatable bonds is 3.